The molecule has 0 bridgehead atoms. The third-order valence-corrected chi connectivity index (χ3v) is 4.20. The van der Waals surface area contributed by atoms with Crippen LogP contribution in [0.4, 0.5) is 0 Å². The maximum Gasteiger partial charge on any atom is 0.343 e. The lowest BCUT2D eigenvalue weighted by molar-refractivity contribution is -0.235. The van der Waals surface area contributed by atoms with Crippen LogP contribution in [0.2, 0.25) is 0 Å². The van der Waals surface area contributed by atoms with E-state index in [2.05, 4.69) is 5.32 Å². The summed E-state index contributed by atoms with van der Waals surface area (Å²) in [5, 5.41) is 3.45. The van der Waals surface area contributed by atoms with Crippen LogP contribution >= 0.6 is 0 Å². The summed E-state index contributed by atoms with van der Waals surface area (Å²) < 4.78 is 10.0. The Morgan fingerprint density at radius 2 is 1.71 bits per heavy atom. The Morgan fingerprint density at radius 1 is 1.07 bits per heavy atom. The standard InChI is InChI=1S/C20H20N2O6/c1-26-19(25)20(21-17(23)13-27-16-10-6-3-7-11-16)14-22(18(20)24)28-12-15-8-4-2-5-9-15/h2-11H,12-14H2,1H3,(H,21,23). The maximum absolute atomic E-state index is 12.6. The van der Waals surface area contributed by atoms with Crippen LogP contribution in [0.25, 0.3) is 0 Å². The van der Waals surface area contributed by atoms with Crippen LogP contribution in [-0.2, 0) is 30.6 Å². The minimum Gasteiger partial charge on any atom is -0.484 e. The van der Waals surface area contributed by atoms with Crippen LogP contribution in [0.3, 0.4) is 0 Å². The molecule has 2 amide bonds. The van der Waals surface area contributed by atoms with E-state index in [-0.39, 0.29) is 19.8 Å². The second kappa shape index (κ2) is 8.53. The minimum atomic E-state index is -1.80. The number of methoxy groups -OCH3 is 1. The molecule has 2 aromatic carbocycles. The fourth-order valence-electron chi connectivity index (χ4n) is 2.72. The van der Waals surface area contributed by atoms with Crippen molar-refractivity contribution in [3.8, 4) is 5.75 Å². The van der Waals surface area contributed by atoms with E-state index >= 15 is 0 Å². The second-order valence-corrected chi connectivity index (χ2v) is 6.15. The molecular weight excluding hydrogens is 364 g/mol. The fourth-order valence-corrected chi connectivity index (χ4v) is 2.72. The highest BCUT2D eigenvalue weighted by atomic mass is 16.7. The van der Waals surface area contributed by atoms with Crippen molar-refractivity contribution in [2.24, 2.45) is 0 Å². The third kappa shape index (κ3) is 4.12. The summed E-state index contributed by atoms with van der Waals surface area (Å²) in [6.07, 6.45) is 0. The van der Waals surface area contributed by atoms with E-state index in [1.165, 1.54) is 0 Å². The van der Waals surface area contributed by atoms with Crippen LogP contribution in [0.1, 0.15) is 5.56 Å². The SMILES string of the molecule is COC(=O)C1(NC(=O)COc2ccccc2)CN(OCc2ccccc2)C1=O. The second-order valence-electron chi connectivity index (χ2n) is 6.15. The molecule has 2 aromatic rings. The fraction of sp³-hybridized carbons (Fsp3) is 0.250. The van der Waals surface area contributed by atoms with Gasteiger partial charge in [0.2, 0.25) is 5.54 Å². The summed E-state index contributed by atoms with van der Waals surface area (Å²) in [7, 11) is 1.15. The highest BCUT2D eigenvalue weighted by molar-refractivity contribution is 6.14. The van der Waals surface area contributed by atoms with Gasteiger partial charge >= 0.3 is 5.97 Å². The van der Waals surface area contributed by atoms with Gasteiger partial charge in [-0.1, -0.05) is 48.5 Å². The van der Waals surface area contributed by atoms with Crippen molar-refractivity contribution in [2.45, 2.75) is 12.1 Å². The number of ether oxygens (including phenoxy) is 2. The molecule has 1 N–H and O–H groups in total. The summed E-state index contributed by atoms with van der Waals surface area (Å²) in [5.41, 5.74) is -0.936. The molecule has 0 aliphatic carbocycles. The molecule has 1 aliphatic heterocycles. The number of esters is 1. The molecule has 1 fully saturated rings. The van der Waals surface area contributed by atoms with Crippen LogP contribution in [0, 0.1) is 0 Å². The van der Waals surface area contributed by atoms with Gasteiger partial charge in [0, 0.05) is 0 Å². The lowest BCUT2D eigenvalue weighted by Gasteiger charge is -2.44. The number of carbonyl (C=O) groups is 3. The first-order chi connectivity index (χ1) is 13.5. The van der Waals surface area contributed by atoms with Gasteiger partial charge in [0.1, 0.15) is 12.4 Å². The van der Waals surface area contributed by atoms with Crippen LogP contribution in [-0.4, -0.2) is 48.6 Å². The predicted octanol–water partition coefficient (Wildman–Crippen LogP) is 1.07. The number of benzene rings is 2. The number of β-lactam (4-membered cyclic amide) rings is 1. The molecule has 0 spiro atoms. The van der Waals surface area contributed by atoms with Gasteiger partial charge in [0.05, 0.1) is 13.7 Å². The molecule has 0 radical (unpaired) electrons. The molecule has 1 saturated heterocycles. The van der Waals surface area contributed by atoms with Gasteiger partial charge in [-0.05, 0) is 17.7 Å². The molecule has 146 valence electrons. The monoisotopic (exact) mass is 384 g/mol. The summed E-state index contributed by atoms with van der Waals surface area (Å²) in [6, 6.07) is 18.0. The normalized spacial score (nSPS) is 18.2. The largest absolute Gasteiger partial charge is 0.484 e. The van der Waals surface area contributed by atoms with Gasteiger partial charge in [-0.2, -0.15) is 0 Å². The quantitative estimate of drug-likeness (QED) is 0.416. The molecule has 1 atom stereocenters. The summed E-state index contributed by atoms with van der Waals surface area (Å²) >= 11 is 0. The number of nitrogens with one attached hydrogen (secondary N) is 1. The number of rotatable bonds is 8. The highest BCUT2D eigenvalue weighted by Crippen LogP contribution is 2.26. The summed E-state index contributed by atoms with van der Waals surface area (Å²) in [5.74, 6) is -1.67. The molecule has 0 saturated carbocycles. The molecule has 28 heavy (non-hydrogen) atoms. The van der Waals surface area contributed by atoms with Crippen molar-refractivity contribution in [1.29, 1.82) is 0 Å². The number of nitrogens with zero attached hydrogens (tertiary/aromatic N) is 1. The third-order valence-electron chi connectivity index (χ3n) is 4.20. The predicted molar refractivity (Wildman–Crippen MR) is 97.8 cm³/mol. The number of hydrogen-bond acceptors (Lipinski definition) is 6. The number of hydroxylamine groups is 2. The topological polar surface area (TPSA) is 94.2 Å². The number of amides is 2. The summed E-state index contributed by atoms with van der Waals surface area (Å²) in [4.78, 5) is 42.4. The highest BCUT2D eigenvalue weighted by Gasteiger charge is 2.61. The van der Waals surface area contributed by atoms with Gasteiger partial charge in [0.15, 0.2) is 6.61 Å². The lowest BCUT2D eigenvalue weighted by atomic mass is 9.90. The van der Waals surface area contributed by atoms with Crippen LogP contribution in [0.5, 0.6) is 5.75 Å². The smallest absolute Gasteiger partial charge is 0.343 e. The first kappa shape index (κ1) is 19.4. The first-order valence-electron chi connectivity index (χ1n) is 8.61. The Labute approximate surface area is 161 Å². The minimum absolute atomic E-state index is 0.150. The van der Waals surface area contributed by atoms with Crippen LogP contribution < -0.4 is 10.1 Å². The molecule has 1 heterocycles. The van der Waals surface area contributed by atoms with Gasteiger partial charge in [-0.25, -0.2) is 9.86 Å². The average molecular weight is 384 g/mol. The first-order valence-corrected chi connectivity index (χ1v) is 8.61. The average Bonchev–Trinajstić information content (AvgIpc) is 2.74. The zero-order valence-electron chi connectivity index (χ0n) is 15.3. The van der Waals surface area contributed by atoms with Gasteiger partial charge in [0.25, 0.3) is 11.8 Å². The van der Waals surface area contributed by atoms with E-state index in [4.69, 9.17) is 14.3 Å². The Balaban J connectivity index is 1.58. The van der Waals surface area contributed by atoms with Gasteiger partial charge < -0.3 is 14.8 Å². The van der Waals surface area contributed by atoms with E-state index < -0.39 is 23.3 Å². The Bertz CT molecular complexity index is 842. The zero-order valence-corrected chi connectivity index (χ0v) is 15.3. The van der Waals surface area contributed by atoms with Crippen molar-refractivity contribution < 1.29 is 28.7 Å². The van der Waals surface area contributed by atoms with E-state index in [0.29, 0.717) is 5.75 Å². The van der Waals surface area contributed by atoms with Crippen molar-refractivity contribution in [1.82, 2.24) is 10.4 Å². The number of carbonyl (C=O) groups excluding carboxylic acids is 3. The van der Waals surface area contributed by atoms with E-state index in [1.807, 2.05) is 36.4 Å². The van der Waals surface area contributed by atoms with E-state index in [0.717, 1.165) is 17.7 Å². The van der Waals surface area contributed by atoms with Crippen molar-refractivity contribution in [3.63, 3.8) is 0 Å². The Hall–Kier alpha value is -3.39. The molecule has 8 heteroatoms. The van der Waals surface area contributed by atoms with Crippen molar-refractivity contribution in [3.05, 3.63) is 66.2 Å². The van der Waals surface area contributed by atoms with E-state index in [9.17, 15) is 14.4 Å². The Morgan fingerprint density at radius 3 is 2.32 bits per heavy atom. The molecule has 0 aromatic heterocycles. The van der Waals surface area contributed by atoms with Gasteiger partial charge in [-0.15, -0.1) is 0 Å². The van der Waals surface area contributed by atoms with Crippen LogP contribution in [0.15, 0.2) is 60.7 Å². The Kier molecular flexibility index (Phi) is 5.90. The molecule has 1 unspecified atom stereocenters. The number of para-hydroxylation sites is 1. The zero-order chi connectivity index (χ0) is 20.0. The van der Waals surface area contributed by atoms with Crippen molar-refractivity contribution in [2.75, 3.05) is 20.3 Å². The van der Waals surface area contributed by atoms with Crippen molar-refractivity contribution >= 4 is 17.8 Å². The molecular formula is C20H20N2O6. The molecule has 8 nitrogen and oxygen atoms in total. The number of hydrogen-bond donors (Lipinski definition) is 1. The van der Waals surface area contributed by atoms with Gasteiger partial charge in [-0.3, -0.25) is 14.4 Å². The maximum atomic E-state index is 12.6. The lowest BCUT2D eigenvalue weighted by Crippen LogP contribution is -2.78. The molecule has 3 rings (SSSR count). The van der Waals surface area contributed by atoms with E-state index in [1.54, 1.807) is 24.3 Å². The summed E-state index contributed by atoms with van der Waals surface area (Å²) in [6.45, 7) is -0.335. The molecule has 1 aliphatic rings.